The predicted octanol–water partition coefficient (Wildman–Crippen LogP) is 2.06. The summed E-state index contributed by atoms with van der Waals surface area (Å²) in [7, 11) is 0. The van der Waals surface area contributed by atoms with Crippen LogP contribution in [0.15, 0.2) is 6.07 Å². The maximum Gasteiger partial charge on any atom is 0.574 e. The Kier molecular flexibility index (Phi) is 3.18. The molecule has 84 valence electrons. The summed E-state index contributed by atoms with van der Waals surface area (Å²) in [6, 6.07) is 1.55. The molecular weight excluding hydrogens is 209 g/mol. The number of pyridine rings is 1. The zero-order valence-corrected chi connectivity index (χ0v) is 8.35. The second kappa shape index (κ2) is 4.06. The van der Waals surface area contributed by atoms with Gasteiger partial charge in [0.1, 0.15) is 0 Å². The van der Waals surface area contributed by atoms with Crippen molar-refractivity contribution >= 4 is 0 Å². The van der Waals surface area contributed by atoms with Gasteiger partial charge in [-0.2, -0.15) is 0 Å². The van der Waals surface area contributed by atoms with Gasteiger partial charge in [0.15, 0.2) is 0 Å². The van der Waals surface area contributed by atoms with Gasteiger partial charge in [0.05, 0.1) is 0 Å². The average molecular weight is 220 g/mol. The van der Waals surface area contributed by atoms with E-state index < -0.39 is 12.2 Å². The summed E-state index contributed by atoms with van der Waals surface area (Å²) >= 11 is 0. The summed E-state index contributed by atoms with van der Waals surface area (Å²) in [6.45, 7) is 3.32. The minimum absolute atomic E-state index is 0.0421. The van der Waals surface area contributed by atoms with E-state index in [9.17, 15) is 13.2 Å². The largest absolute Gasteiger partial charge is 0.574 e. The maximum absolute atomic E-state index is 12.0. The van der Waals surface area contributed by atoms with Gasteiger partial charge in [-0.1, -0.05) is 0 Å². The Balaban J connectivity index is 3.11. The predicted molar refractivity (Wildman–Crippen MR) is 48.3 cm³/mol. The summed E-state index contributed by atoms with van der Waals surface area (Å²) in [5, 5.41) is 0. The van der Waals surface area contributed by atoms with Gasteiger partial charge in [-0.3, -0.25) is 0 Å². The first-order chi connectivity index (χ1) is 6.83. The van der Waals surface area contributed by atoms with Crippen LogP contribution in [0.25, 0.3) is 0 Å². The highest BCUT2D eigenvalue weighted by Crippen LogP contribution is 2.25. The third-order valence-electron chi connectivity index (χ3n) is 1.94. The highest BCUT2D eigenvalue weighted by molar-refractivity contribution is 5.33. The third-order valence-corrected chi connectivity index (χ3v) is 1.94. The molecule has 2 N–H and O–H groups in total. The van der Waals surface area contributed by atoms with E-state index in [4.69, 9.17) is 5.73 Å². The van der Waals surface area contributed by atoms with Crippen LogP contribution < -0.4 is 10.5 Å². The van der Waals surface area contributed by atoms with Crippen molar-refractivity contribution in [2.45, 2.75) is 26.8 Å². The molecule has 0 saturated carbocycles. The molecule has 0 unspecified atom stereocenters. The molecule has 0 amide bonds. The first kappa shape index (κ1) is 11.8. The van der Waals surface area contributed by atoms with Crippen LogP contribution >= 0.6 is 0 Å². The van der Waals surface area contributed by atoms with E-state index in [1.54, 1.807) is 19.9 Å². The lowest BCUT2D eigenvalue weighted by Crippen LogP contribution is -2.20. The van der Waals surface area contributed by atoms with Crippen molar-refractivity contribution in [2.75, 3.05) is 0 Å². The number of hydrogen-bond donors (Lipinski definition) is 1. The number of aryl methyl sites for hydroxylation is 2. The van der Waals surface area contributed by atoms with Crippen molar-refractivity contribution < 1.29 is 17.9 Å². The van der Waals surface area contributed by atoms with E-state index >= 15 is 0 Å². The topological polar surface area (TPSA) is 48.1 Å². The molecule has 0 aliphatic carbocycles. The molecule has 0 spiro atoms. The molecule has 0 aliphatic rings. The number of nitrogens with zero attached hydrogens (tertiary/aromatic N) is 1. The van der Waals surface area contributed by atoms with E-state index in [2.05, 4.69) is 9.72 Å². The maximum atomic E-state index is 12.0. The second-order valence-corrected chi connectivity index (χ2v) is 3.11. The van der Waals surface area contributed by atoms with Crippen molar-refractivity contribution in [2.24, 2.45) is 5.73 Å². The molecule has 0 aromatic carbocycles. The molecule has 0 aliphatic heterocycles. The SMILES string of the molecule is Cc1cc(CN)c(OC(F)(F)F)nc1C. The van der Waals surface area contributed by atoms with E-state index in [-0.39, 0.29) is 12.1 Å². The van der Waals surface area contributed by atoms with Crippen LogP contribution in [0.1, 0.15) is 16.8 Å². The molecule has 0 atom stereocenters. The van der Waals surface area contributed by atoms with Crippen LogP contribution in [0.4, 0.5) is 13.2 Å². The van der Waals surface area contributed by atoms with Crippen molar-refractivity contribution in [1.82, 2.24) is 4.98 Å². The van der Waals surface area contributed by atoms with Gasteiger partial charge < -0.3 is 10.5 Å². The summed E-state index contributed by atoms with van der Waals surface area (Å²) in [6.07, 6.45) is -4.74. The van der Waals surface area contributed by atoms with E-state index in [0.29, 0.717) is 5.69 Å². The van der Waals surface area contributed by atoms with Gasteiger partial charge in [-0.25, -0.2) is 4.98 Å². The summed E-state index contributed by atoms with van der Waals surface area (Å²) in [4.78, 5) is 3.71. The number of aromatic nitrogens is 1. The number of halogens is 3. The van der Waals surface area contributed by atoms with Crippen molar-refractivity contribution in [3.8, 4) is 5.88 Å². The molecular formula is C9H11F3N2O. The monoisotopic (exact) mass is 220 g/mol. The number of ether oxygens (including phenoxy) is 1. The highest BCUT2D eigenvalue weighted by Gasteiger charge is 2.32. The molecule has 1 rings (SSSR count). The molecule has 0 bridgehead atoms. The average Bonchev–Trinajstić information content (AvgIpc) is 2.08. The quantitative estimate of drug-likeness (QED) is 0.829. The molecule has 1 aromatic rings. The molecule has 1 aromatic heterocycles. The first-order valence-electron chi connectivity index (χ1n) is 4.26. The van der Waals surface area contributed by atoms with Gasteiger partial charge in [-0.05, 0) is 25.5 Å². The Morgan fingerprint density at radius 2 is 2.00 bits per heavy atom. The van der Waals surface area contributed by atoms with Crippen LogP contribution in [0.2, 0.25) is 0 Å². The molecule has 6 heteroatoms. The van der Waals surface area contributed by atoms with Crippen LogP contribution in [0.3, 0.4) is 0 Å². The minimum atomic E-state index is -4.74. The fraction of sp³-hybridized carbons (Fsp3) is 0.444. The van der Waals surface area contributed by atoms with Crippen molar-refractivity contribution in [3.63, 3.8) is 0 Å². The lowest BCUT2D eigenvalue weighted by atomic mass is 10.1. The summed E-state index contributed by atoms with van der Waals surface area (Å²) in [5.74, 6) is -0.465. The zero-order valence-electron chi connectivity index (χ0n) is 8.35. The lowest BCUT2D eigenvalue weighted by molar-refractivity contribution is -0.276. The Labute approximate surface area is 85.1 Å². The number of nitrogens with two attached hydrogens (primary N) is 1. The van der Waals surface area contributed by atoms with Crippen LogP contribution in [-0.2, 0) is 6.54 Å². The van der Waals surface area contributed by atoms with Crippen molar-refractivity contribution in [3.05, 3.63) is 22.9 Å². The summed E-state index contributed by atoms with van der Waals surface area (Å²) in [5.41, 5.74) is 6.82. The fourth-order valence-corrected chi connectivity index (χ4v) is 1.08. The zero-order chi connectivity index (χ0) is 11.6. The van der Waals surface area contributed by atoms with Gasteiger partial charge in [-0.15, -0.1) is 13.2 Å². The number of rotatable bonds is 2. The minimum Gasteiger partial charge on any atom is -0.388 e. The smallest absolute Gasteiger partial charge is 0.388 e. The first-order valence-corrected chi connectivity index (χ1v) is 4.26. The molecule has 0 fully saturated rings. The van der Waals surface area contributed by atoms with Crippen LogP contribution in [0.5, 0.6) is 5.88 Å². The standard InChI is InChI=1S/C9H11F3N2O/c1-5-3-7(4-13)8(14-6(5)2)15-9(10,11)12/h3H,4,13H2,1-2H3. The van der Waals surface area contributed by atoms with E-state index in [1.807, 2.05) is 0 Å². The normalized spacial score (nSPS) is 11.6. The molecule has 0 saturated heterocycles. The molecule has 1 heterocycles. The highest BCUT2D eigenvalue weighted by atomic mass is 19.4. The Hall–Kier alpha value is -1.30. The van der Waals surface area contributed by atoms with E-state index in [0.717, 1.165) is 5.56 Å². The molecule has 15 heavy (non-hydrogen) atoms. The second-order valence-electron chi connectivity index (χ2n) is 3.11. The summed E-state index contributed by atoms with van der Waals surface area (Å²) < 4.78 is 39.7. The van der Waals surface area contributed by atoms with Gasteiger partial charge in [0.25, 0.3) is 0 Å². The van der Waals surface area contributed by atoms with Gasteiger partial charge >= 0.3 is 6.36 Å². The van der Waals surface area contributed by atoms with E-state index in [1.165, 1.54) is 0 Å². The van der Waals surface area contributed by atoms with Gasteiger partial charge in [0, 0.05) is 17.8 Å². The molecule has 0 radical (unpaired) electrons. The number of hydrogen-bond acceptors (Lipinski definition) is 3. The Bertz CT molecular complexity index is 363. The number of alkyl halides is 3. The fourth-order valence-electron chi connectivity index (χ4n) is 1.08. The van der Waals surface area contributed by atoms with Gasteiger partial charge in [0.2, 0.25) is 5.88 Å². The lowest BCUT2D eigenvalue weighted by Gasteiger charge is -2.13. The van der Waals surface area contributed by atoms with Crippen molar-refractivity contribution in [1.29, 1.82) is 0 Å². The third kappa shape index (κ3) is 3.09. The molecule has 3 nitrogen and oxygen atoms in total. The Morgan fingerprint density at radius 3 is 2.47 bits per heavy atom. The van der Waals surface area contributed by atoms with Crippen LogP contribution in [0, 0.1) is 13.8 Å². The van der Waals surface area contributed by atoms with Crippen LogP contribution in [-0.4, -0.2) is 11.3 Å². The Morgan fingerprint density at radius 1 is 1.40 bits per heavy atom.